The van der Waals surface area contributed by atoms with Crippen LogP contribution >= 0.6 is 0 Å². The van der Waals surface area contributed by atoms with Crippen molar-refractivity contribution >= 4 is 0 Å². The molecule has 4 heteroatoms. The number of aromatic nitrogens is 1. The van der Waals surface area contributed by atoms with E-state index in [4.69, 9.17) is 14.9 Å². The average molecular weight is 182 g/mol. The maximum Gasteiger partial charge on any atom is 0.208 e. The number of rotatable bonds is 2. The second kappa shape index (κ2) is 3.89. The highest BCUT2D eigenvalue weighted by Gasteiger charge is 2.19. The number of oxazole rings is 1. The van der Waals surface area contributed by atoms with Crippen LogP contribution < -0.4 is 5.73 Å². The van der Waals surface area contributed by atoms with Gasteiger partial charge < -0.3 is 14.9 Å². The van der Waals surface area contributed by atoms with Crippen LogP contribution in [0, 0.1) is 0 Å². The van der Waals surface area contributed by atoms with Crippen LogP contribution in [0.25, 0.3) is 0 Å². The Morgan fingerprint density at radius 3 is 3.08 bits per heavy atom. The van der Waals surface area contributed by atoms with Gasteiger partial charge in [0.05, 0.1) is 6.54 Å². The first-order chi connectivity index (χ1) is 6.40. The zero-order chi connectivity index (χ0) is 9.10. The van der Waals surface area contributed by atoms with Crippen molar-refractivity contribution < 1.29 is 9.15 Å². The van der Waals surface area contributed by atoms with Crippen molar-refractivity contribution in [3.63, 3.8) is 0 Å². The fraction of sp³-hybridized carbons (Fsp3) is 0.667. The molecule has 0 amide bonds. The normalized spacial score (nSPS) is 23.3. The van der Waals surface area contributed by atoms with Crippen LogP contribution in [0.1, 0.15) is 37.0 Å². The second-order valence-corrected chi connectivity index (χ2v) is 3.23. The molecule has 1 unspecified atom stereocenters. The highest BCUT2D eigenvalue weighted by Crippen LogP contribution is 2.26. The van der Waals surface area contributed by atoms with Gasteiger partial charge in [-0.15, -0.1) is 0 Å². The quantitative estimate of drug-likeness (QED) is 0.750. The topological polar surface area (TPSA) is 61.3 Å². The van der Waals surface area contributed by atoms with Crippen molar-refractivity contribution in [1.29, 1.82) is 0 Å². The first kappa shape index (κ1) is 8.72. The predicted molar refractivity (Wildman–Crippen MR) is 46.9 cm³/mol. The van der Waals surface area contributed by atoms with Crippen LogP contribution in [-0.2, 0) is 11.3 Å². The molecule has 0 aliphatic carbocycles. The van der Waals surface area contributed by atoms with E-state index in [9.17, 15) is 0 Å². The smallest absolute Gasteiger partial charge is 0.208 e. The van der Waals surface area contributed by atoms with Crippen LogP contribution in [0.3, 0.4) is 0 Å². The summed E-state index contributed by atoms with van der Waals surface area (Å²) in [4.78, 5) is 4.24. The predicted octanol–water partition coefficient (Wildman–Crippen LogP) is 1.37. The van der Waals surface area contributed by atoms with E-state index in [1.54, 1.807) is 6.26 Å². The van der Waals surface area contributed by atoms with Crippen LogP contribution in [0.4, 0.5) is 0 Å². The van der Waals surface area contributed by atoms with E-state index in [1.807, 2.05) is 0 Å². The lowest BCUT2D eigenvalue weighted by Crippen LogP contribution is -2.12. The molecule has 2 heterocycles. The van der Waals surface area contributed by atoms with E-state index >= 15 is 0 Å². The SMILES string of the molecule is NCc1nc(C2CCCCO2)co1. The van der Waals surface area contributed by atoms with Gasteiger partial charge in [0, 0.05) is 6.61 Å². The van der Waals surface area contributed by atoms with Gasteiger partial charge in [0.15, 0.2) is 0 Å². The van der Waals surface area contributed by atoms with Crippen molar-refractivity contribution in [2.75, 3.05) is 6.61 Å². The van der Waals surface area contributed by atoms with E-state index in [0.29, 0.717) is 12.4 Å². The molecule has 1 aromatic heterocycles. The molecule has 72 valence electrons. The van der Waals surface area contributed by atoms with E-state index in [0.717, 1.165) is 25.1 Å². The van der Waals surface area contributed by atoms with E-state index in [1.165, 1.54) is 6.42 Å². The molecular formula is C9H14N2O2. The molecule has 2 N–H and O–H groups in total. The summed E-state index contributed by atoms with van der Waals surface area (Å²) in [5.41, 5.74) is 6.28. The van der Waals surface area contributed by atoms with Gasteiger partial charge in [0.25, 0.3) is 0 Å². The summed E-state index contributed by atoms with van der Waals surface area (Å²) < 4.78 is 10.7. The van der Waals surface area contributed by atoms with E-state index in [2.05, 4.69) is 4.98 Å². The van der Waals surface area contributed by atoms with Crippen molar-refractivity contribution in [1.82, 2.24) is 4.98 Å². The van der Waals surface area contributed by atoms with Gasteiger partial charge in [-0.2, -0.15) is 0 Å². The third-order valence-corrected chi connectivity index (χ3v) is 2.25. The second-order valence-electron chi connectivity index (χ2n) is 3.23. The average Bonchev–Trinajstić information content (AvgIpc) is 2.67. The molecule has 1 aliphatic rings. The van der Waals surface area contributed by atoms with Crippen LogP contribution in [0.2, 0.25) is 0 Å². The maximum atomic E-state index is 5.56. The molecule has 1 atom stereocenters. The molecule has 0 aromatic carbocycles. The summed E-state index contributed by atoms with van der Waals surface area (Å²) in [5.74, 6) is 0.587. The number of hydrogen-bond acceptors (Lipinski definition) is 4. The first-order valence-corrected chi connectivity index (χ1v) is 4.66. The molecule has 1 fully saturated rings. The Labute approximate surface area is 77.1 Å². The molecular weight excluding hydrogens is 168 g/mol. The lowest BCUT2D eigenvalue weighted by atomic mass is 10.1. The third kappa shape index (κ3) is 1.89. The Kier molecular flexibility index (Phi) is 2.61. The zero-order valence-corrected chi connectivity index (χ0v) is 7.53. The summed E-state index contributed by atoms with van der Waals surface area (Å²) in [6.45, 7) is 1.18. The number of ether oxygens (including phenoxy) is 1. The van der Waals surface area contributed by atoms with Gasteiger partial charge in [0.1, 0.15) is 18.1 Å². The largest absolute Gasteiger partial charge is 0.447 e. The van der Waals surface area contributed by atoms with Gasteiger partial charge in [-0.1, -0.05) is 0 Å². The standard InChI is InChI=1S/C9H14N2O2/c10-5-9-11-7(6-13-9)8-3-1-2-4-12-8/h6,8H,1-5,10H2. The molecule has 13 heavy (non-hydrogen) atoms. The van der Waals surface area contributed by atoms with Gasteiger partial charge in [-0.25, -0.2) is 4.98 Å². The molecule has 4 nitrogen and oxygen atoms in total. The Bertz CT molecular complexity index is 266. The van der Waals surface area contributed by atoms with E-state index in [-0.39, 0.29) is 6.10 Å². The van der Waals surface area contributed by atoms with Crippen molar-refractivity contribution in [2.45, 2.75) is 31.9 Å². The monoisotopic (exact) mass is 182 g/mol. The molecule has 0 radical (unpaired) electrons. The molecule has 0 spiro atoms. The van der Waals surface area contributed by atoms with Gasteiger partial charge >= 0.3 is 0 Å². The van der Waals surface area contributed by atoms with E-state index < -0.39 is 0 Å². The Morgan fingerprint density at radius 1 is 1.54 bits per heavy atom. The highest BCUT2D eigenvalue weighted by molar-refractivity contribution is 5.01. The summed E-state index contributed by atoms with van der Waals surface area (Å²) in [5, 5.41) is 0. The summed E-state index contributed by atoms with van der Waals surface area (Å²) >= 11 is 0. The van der Waals surface area contributed by atoms with Crippen molar-refractivity contribution in [3.8, 4) is 0 Å². The minimum atomic E-state index is 0.123. The molecule has 1 aromatic rings. The first-order valence-electron chi connectivity index (χ1n) is 4.66. The van der Waals surface area contributed by atoms with Crippen LogP contribution in [0.15, 0.2) is 10.7 Å². The molecule has 1 aliphatic heterocycles. The van der Waals surface area contributed by atoms with Crippen LogP contribution in [-0.4, -0.2) is 11.6 Å². The lowest BCUT2D eigenvalue weighted by molar-refractivity contribution is 0.0122. The minimum Gasteiger partial charge on any atom is -0.447 e. The Hall–Kier alpha value is -0.870. The van der Waals surface area contributed by atoms with Gasteiger partial charge in [-0.05, 0) is 19.3 Å². The lowest BCUT2D eigenvalue weighted by Gasteiger charge is -2.19. The fourth-order valence-electron chi connectivity index (χ4n) is 1.54. The number of nitrogens with zero attached hydrogens (tertiary/aromatic N) is 1. The summed E-state index contributed by atoms with van der Waals surface area (Å²) in [6.07, 6.45) is 5.17. The number of hydrogen-bond donors (Lipinski definition) is 1. The third-order valence-electron chi connectivity index (χ3n) is 2.25. The molecule has 0 saturated carbocycles. The maximum absolute atomic E-state index is 5.56. The van der Waals surface area contributed by atoms with Gasteiger partial charge in [-0.3, -0.25) is 0 Å². The summed E-state index contributed by atoms with van der Waals surface area (Å²) in [6, 6.07) is 0. The molecule has 0 bridgehead atoms. The molecule has 2 rings (SSSR count). The van der Waals surface area contributed by atoms with Crippen molar-refractivity contribution in [3.05, 3.63) is 17.8 Å². The summed E-state index contributed by atoms with van der Waals surface area (Å²) in [7, 11) is 0. The Morgan fingerprint density at radius 2 is 2.46 bits per heavy atom. The number of nitrogens with two attached hydrogens (primary N) is 1. The fourth-order valence-corrected chi connectivity index (χ4v) is 1.54. The highest BCUT2D eigenvalue weighted by atomic mass is 16.5. The minimum absolute atomic E-state index is 0.123. The zero-order valence-electron chi connectivity index (χ0n) is 7.53. The van der Waals surface area contributed by atoms with Crippen LogP contribution in [0.5, 0.6) is 0 Å². The Balaban J connectivity index is 2.05. The van der Waals surface area contributed by atoms with Gasteiger partial charge in [0.2, 0.25) is 5.89 Å². The van der Waals surface area contributed by atoms with Crippen molar-refractivity contribution in [2.24, 2.45) is 5.73 Å². The molecule has 1 saturated heterocycles.